The average Bonchev–Trinajstić information content (AvgIpc) is 2.55. The van der Waals surface area contributed by atoms with E-state index in [-0.39, 0.29) is 11.9 Å². The topological polar surface area (TPSA) is 78.6 Å². The van der Waals surface area contributed by atoms with Gasteiger partial charge in [0.1, 0.15) is 0 Å². The molecule has 1 atom stereocenters. The second-order valence-electron chi connectivity index (χ2n) is 4.53. The van der Waals surface area contributed by atoms with E-state index in [0.717, 1.165) is 24.4 Å². The molecule has 6 heteroatoms. The maximum Gasteiger partial charge on any atom is 0.372 e. The summed E-state index contributed by atoms with van der Waals surface area (Å²) in [6.07, 6.45) is 0.401. The molecule has 0 aliphatic carbocycles. The number of carboxylic acids is 1. The third-order valence-corrected chi connectivity index (χ3v) is 3.05. The van der Waals surface area contributed by atoms with Crippen LogP contribution in [0.25, 0.3) is 0 Å². The van der Waals surface area contributed by atoms with E-state index in [1.54, 1.807) is 18.5 Å². The fourth-order valence-corrected chi connectivity index (χ4v) is 2.30. The van der Waals surface area contributed by atoms with Crippen LogP contribution >= 0.6 is 0 Å². The summed E-state index contributed by atoms with van der Waals surface area (Å²) >= 11 is 0. The van der Waals surface area contributed by atoms with E-state index in [2.05, 4.69) is 9.88 Å². The van der Waals surface area contributed by atoms with Crippen LogP contribution in [-0.2, 0) is 20.0 Å². The molecular weight excluding hydrogens is 222 g/mol. The SMILES string of the molecule is CC(O)CN1CCc2c(nc(C(=O)O)n2C)C1. The lowest BCUT2D eigenvalue weighted by atomic mass is 10.1. The van der Waals surface area contributed by atoms with Crippen LogP contribution in [-0.4, -0.2) is 49.8 Å². The smallest absolute Gasteiger partial charge is 0.372 e. The van der Waals surface area contributed by atoms with Gasteiger partial charge in [0.15, 0.2) is 0 Å². The lowest BCUT2D eigenvalue weighted by Gasteiger charge is -2.27. The van der Waals surface area contributed by atoms with E-state index in [1.165, 1.54) is 0 Å². The summed E-state index contributed by atoms with van der Waals surface area (Å²) in [6.45, 7) is 3.78. The number of imidazole rings is 1. The van der Waals surface area contributed by atoms with Crippen LogP contribution < -0.4 is 0 Å². The van der Waals surface area contributed by atoms with Gasteiger partial charge in [0.25, 0.3) is 0 Å². The lowest BCUT2D eigenvalue weighted by molar-refractivity contribution is 0.0679. The number of hydrogen-bond donors (Lipinski definition) is 2. The van der Waals surface area contributed by atoms with Crippen molar-refractivity contribution in [3.8, 4) is 0 Å². The van der Waals surface area contributed by atoms with Crippen molar-refractivity contribution in [2.24, 2.45) is 7.05 Å². The fraction of sp³-hybridized carbons (Fsp3) is 0.636. The van der Waals surface area contributed by atoms with Gasteiger partial charge in [-0.25, -0.2) is 9.78 Å². The van der Waals surface area contributed by atoms with E-state index >= 15 is 0 Å². The Hall–Kier alpha value is -1.40. The molecule has 0 radical (unpaired) electrons. The molecule has 1 aliphatic heterocycles. The van der Waals surface area contributed by atoms with E-state index in [9.17, 15) is 9.90 Å². The quantitative estimate of drug-likeness (QED) is 0.767. The zero-order valence-electron chi connectivity index (χ0n) is 10.1. The summed E-state index contributed by atoms with van der Waals surface area (Å²) in [5, 5.41) is 18.3. The Balaban J connectivity index is 2.21. The minimum Gasteiger partial charge on any atom is -0.475 e. The van der Waals surface area contributed by atoms with Crippen molar-refractivity contribution in [2.45, 2.75) is 26.0 Å². The van der Waals surface area contributed by atoms with Crippen molar-refractivity contribution in [1.82, 2.24) is 14.5 Å². The second kappa shape index (κ2) is 4.46. The number of aliphatic hydroxyl groups is 1. The predicted octanol–water partition coefficient (Wildman–Crippen LogP) is -0.143. The predicted molar refractivity (Wildman–Crippen MR) is 60.8 cm³/mol. The van der Waals surface area contributed by atoms with E-state index in [1.807, 2.05) is 0 Å². The number of aromatic nitrogens is 2. The Kier molecular flexibility index (Phi) is 3.17. The first kappa shape index (κ1) is 12.1. The summed E-state index contributed by atoms with van der Waals surface area (Å²) < 4.78 is 1.65. The summed E-state index contributed by atoms with van der Waals surface area (Å²) in [7, 11) is 1.74. The fourth-order valence-electron chi connectivity index (χ4n) is 2.30. The Morgan fingerprint density at radius 2 is 2.29 bits per heavy atom. The third-order valence-electron chi connectivity index (χ3n) is 3.05. The van der Waals surface area contributed by atoms with Crippen LogP contribution in [0.5, 0.6) is 0 Å². The van der Waals surface area contributed by atoms with Crippen LogP contribution in [0.1, 0.15) is 28.9 Å². The number of hydrogen-bond acceptors (Lipinski definition) is 4. The van der Waals surface area contributed by atoms with Gasteiger partial charge in [-0.15, -0.1) is 0 Å². The first-order chi connectivity index (χ1) is 7.99. The van der Waals surface area contributed by atoms with Gasteiger partial charge in [0.05, 0.1) is 11.8 Å². The number of rotatable bonds is 3. The average molecular weight is 239 g/mol. The van der Waals surface area contributed by atoms with E-state index in [4.69, 9.17) is 5.11 Å². The van der Waals surface area contributed by atoms with Gasteiger partial charge in [-0.1, -0.05) is 0 Å². The Morgan fingerprint density at radius 1 is 1.59 bits per heavy atom. The molecule has 1 aromatic rings. The molecule has 0 saturated carbocycles. The van der Waals surface area contributed by atoms with E-state index < -0.39 is 5.97 Å². The Labute approximate surface area is 99.5 Å². The van der Waals surface area contributed by atoms with Crippen LogP contribution in [0.4, 0.5) is 0 Å². The summed E-state index contributed by atoms with van der Waals surface area (Å²) in [5.41, 5.74) is 1.81. The zero-order chi connectivity index (χ0) is 12.6. The van der Waals surface area contributed by atoms with Crippen molar-refractivity contribution in [3.05, 3.63) is 17.2 Å². The van der Waals surface area contributed by atoms with Crippen molar-refractivity contribution >= 4 is 5.97 Å². The molecule has 0 fully saturated rings. The van der Waals surface area contributed by atoms with Gasteiger partial charge >= 0.3 is 5.97 Å². The van der Waals surface area contributed by atoms with Gasteiger partial charge in [0, 0.05) is 38.8 Å². The second-order valence-corrected chi connectivity index (χ2v) is 4.53. The molecule has 2 N–H and O–H groups in total. The lowest BCUT2D eigenvalue weighted by Crippen LogP contribution is -2.36. The van der Waals surface area contributed by atoms with Crippen LogP contribution in [0.3, 0.4) is 0 Å². The molecule has 94 valence electrons. The highest BCUT2D eigenvalue weighted by atomic mass is 16.4. The number of β-amino-alcohol motifs (C(OH)–C–C–N with tert-alkyl or cyclic N) is 1. The molecule has 1 aromatic heterocycles. The molecule has 1 unspecified atom stereocenters. The van der Waals surface area contributed by atoms with E-state index in [0.29, 0.717) is 13.1 Å². The monoisotopic (exact) mass is 239 g/mol. The first-order valence-electron chi connectivity index (χ1n) is 5.67. The minimum atomic E-state index is -0.996. The molecular formula is C11H17N3O3. The number of aliphatic hydroxyl groups excluding tert-OH is 1. The normalized spacial score (nSPS) is 17.8. The molecule has 2 rings (SSSR count). The Bertz CT molecular complexity index is 439. The highest BCUT2D eigenvalue weighted by Gasteiger charge is 2.25. The van der Waals surface area contributed by atoms with Crippen molar-refractivity contribution in [3.63, 3.8) is 0 Å². The van der Waals surface area contributed by atoms with Crippen molar-refractivity contribution in [2.75, 3.05) is 13.1 Å². The molecule has 17 heavy (non-hydrogen) atoms. The van der Waals surface area contributed by atoms with Crippen LogP contribution in [0, 0.1) is 0 Å². The first-order valence-corrected chi connectivity index (χ1v) is 5.67. The number of fused-ring (bicyclic) bond motifs is 1. The maximum absolute atomic E-state index is 11.0. The van der Waals surface area contributed by atoms with Crippen molar-refractivity contribution < 1.29 is 15.0 Å². The van der Waals surface area contributed by atoms with Gasteiger partial charge in [0.2, 0.25) is 5.82 Å². The molecule has 2 heterocycles. The third kappa shape index (κ3) is 2.32. The summed E-state index contributed by atoms with van der Waals surface area (Å²) in [5.74, 6) is -0.905. The minimum absolute atomic E-state index is 0.0916. The standard InChI is InChI=1S/C11H17N3O3/c1-7(15)5-14-4-3-9-8(6-14)12-10(11(16)17)13(9)2/h7,15H,3-6H2,1-2H3,(H,16,17). The molecule has 0 amide bonds. The molecule has 1 aliphatic rings. The zero-order valence-corrected chi connectivity index (χ0v) is 10.1. The summed E-state index contributed by atoms with van der Waals surface area (Å²) in [6, 6.07) is 0. The number of aromatic carboxylic acids is 1. The molecule has 0 spiro atoms. The van der Waals surface area contributed by atoms with Gasteiger partial charge < -0.3 is 14.8 Å². The van der Waals surface area contributed by atoms with Gasteiger partial charge in [-0.3, -0.25) is 4.90 Å². The number of carboxylic acid groups (broad SMARTS) is 1. The molecule has 0 aromatic carbocycles. The van der Waals surface area contributed by atoms with Crippen LogP contribution in [0.15, 0.2) is 0 Å². The Morgan fingerprint density at radius 3 is 2.88 bits per heavy atom. The molecule has 6 nitrogen and oxygen atoms in total. The molecule has 0 saturated heterocycles. The van der Waals surface area contributed by atoms with Crippen LogP contribution in [0.2, 0.25) is 0 Å². The largest absolute Gasteiger partial charge is 0.475 e. The summed E-state index contributed by atoms with van der Waals surface area (Å²) in [4.78, 5) is 17.2. The van der Waals surface area contributed by atoms with Crippen molar-refractivity contribution in [1.29, 1.82) is 0 Å². The number of nitrogens with zero attached hydrogens (tertiary/aromatic N) is 3. The number of carbonyl (C=O) groups is 1. The molecule has 0 bridgehead atoms. The van der Waals surface area contributed by atoms with Gasteiger partial charge in [-0.05, 0) is 6.92 Å². The highest BCUT2D eigenvalue weighted by molar-refractivity contribution is 5.83. The maximum atomic E-state index is 11.0. The van der Waals surface area contributed by atoms with Gasteiger partial charge in [-0.2, -0.15) is 0 Å². The highest BCUT2D eigenvalue weighted by Crippen LogP contribution is 2.19.